The van der Waals surface area contributed by atoms with E-state index >= 15 is 0 Å². The second kappa shape index (κ2) is 6.52. The average molecular weight is 344 g/mol. The molecule has 5 nitrogen and oxygen atoms in total. The summed E-state index contributed by atoms with van der Waals surface area (Å²) in [6.07, 6.45) is 2.07. The van der Waals surface area contributed by atoms with Gasteiger partial charge in [-0.3, -0.25) is 4.79 Å². The zero-order valence-electron chi connectivity index (χ0n) is 15.4. The molecule has 0 radical (unpaired) electrons. The zero-order chi connectivity index (χ0) is 17.6. The maximum Gasteiger partial charge on any atom is 0.226 e. The molecule has 1 saturated carbocycles. The fourth-order valence-electron chi connectivity index (χ4n) is 4.22. The van der Waals surface area contributed by atoms with Crippen molar-refractivity contribution >= 4 is 5.91 Å². The van der Waals surface area contributed by atoms with Crippen molar-refractivity contribution in [1.82, 2.24) is 10.2 Å². The van der Waals surface area contributed by atoms with Crippen molar-refractivity contribution in [3.63, 3.8) is 0 Å². The van der Waals surface area contributed by atoms with Crippen molar-refractivity contribution in [3.05, 3.63) is 23.3 Å². The predicted octanol–water partition coefficient (Wildman–Crippen LogP) is 2.33. The minimum Gasteiger partial charge on any atom is -0.494 e. The summed E-state index contributed by atoms with van der Waals surface area (Å²) in [5.74, 6) is 2.57. The highest BCUT2D eigenvalue weighted by Crippen LogP contribution is 2.53. The highest BCUT2D eigenvalue weighted by Gasteiger charge is 2.48. The topological polar surface area (TPSA) is 50.8 Å². The van der Waals surface area contributed by atoms with Crippen molar-refractivity contribution in [2.45, 2.75) is 51.7 Å². The Kier molecular flexibility index (Phi) is 4.36. The van der Waals surface area contributed by atoms with Gasteiger partial charge in [0.15, 0.2) is 0 Å². The van der Waals surface area contributed by atoms with Gasteiger partial charge in [-0.15, -0.1) is 0 Å². The van der Waals surface area contributed by atoms with Gasteiger partial charge in [-0.25, -0.2) is 0 Å². The molecule has 0 aromatic heterocycles. The number of hydrogen-bond acceptors (Lipinski definition) is 4. The Morgan fingerprint density at radius 1 is 1.40 bits per heavy atom. The molecule has 1 amide bonds. The van der Waals surface area contributed by atoms with E-state index in [9.17, 15) is 4.79 Å². The maximum atomic E-state index is 12.9. The van der Waals surface area contributed by atoms with Gasteiger partial charge in [0.05, 0.1) is 6.61 Å². The van der Waals surface area contributed by atoms with Crippen molar-refractivity contribution in [3.8, 4) is 11.5 Å². The van der Waals surface area contributed by atoms with Crippen LogP contribution in [0.4, 0.5) is 0 Å². The van der Waals surface area contributed by atoms with E-state index in [0.29, 0.717) is 12.5 Å². The average Bonchev–Trinajstić information content (AvgIpc) is 3.29. The van der Waals surface area contributed by atoms with Gasteiger partial charge in [0.25, 0.3) is 0 Å². The molecular formula is C20H28N2O3. The number of piperazine rings is 1. The van der Waals surface area contributed by atoms with Gasteiger partial charge in [0, 0.05) is 55.1 Å². The summed E-state index contributed by atoms with van der Waals surface area (Å²) in [5, 5.41) is 3.35. The van der Waals surface area contributed by atoms with Crippen LogP contribution in [0.15, 0.2) is 12.1 Å². The molecule has 0 bridgehead atoms. The van der Waals surface area contributed by atoms with Crippen LogP contribution in [0.2, 0.25) is 0 Å². The Hall–Kier alpha value is -1.75. The number of carbonyl (C=O) groups excluding carboxylic acids is 1. The molecule has 0 spiro atoms. The number of fused-ring (bicyclic) bond motifs is 1. The summed E-state index contributed by atoms with van der Waals surface area (Å²) in [4.78, 5) is 15.0. The molecule has 2 heterocycles. The Morgan fingerprint density at radius 2 is 2.24 bits per heavy atom. The van der Waals surface area contributed by atoms with Gasteiger partial charge < -0.3 is 19.7 Å². The van der Waals surface area contributed by atoms with Crippen molar-refractivity contribution in [2.24, 2.45) is 5.92 Å². The highest BCUT2D eigenvalue weighted by atomic mass is 16.5. The lowest BCUT2D eigenvalue weighted by atomic mass is 10.0. The monoisotopic (exact) mass is 344 g/mol. The second-order valence-electron chi connectivity index (χ2n) is 7.60. The minimum atomic E-state index is 0.0941. The van der Waals surface area contributed by atoms with Crippen molar-refractivity contribution in [1.29, 1.82) is 0 Å². The summed E-state index contributed by atoms with van der Waals surface area (Å²) in [6.45, 7) is 9.45. The molecule has 2 aliphatic heterocycles. The second-order valence-corrected chi connectivity index (χ2v) is 7.60. The third-order valence-corrected chi connectivity index (χ3v) is 5.62. The number of amides is 1. The van der Waals surface area contributed by atoms with Gasteiger partial charge >= 0.3 is 0 Å². The third-order valence-electron chi connectivity index (χ3n) is 5.62. The van der Waals surface area contributed by atoms with E-state index < -0.39 is 0 Å². The number of nitrogens with one attached hydrogen (secondary N) is 1. The van der Waals surface area contributed by atoms with E-state index in [0.717, 1.165) is 49.5 Å². The molecule has 1 N–H and O–H groups in total. The number of ether oxygens (including phenoxy) is 2. The highest BCUT2D eigenvalue weighted by molar-refractivity contribution is 5.83. The lowest BCUT2D eigenvalue weighted by Gasteiger charge is -2.34. The van der Waals surface area contributed by atoms with Gasteiger partial charge in [-0.2, -0.15) is 0 Å². The molecule has 5 heteroatoms. The molecule has 1 aliphatic carbocycles. The first-order chi connectivity index (χ1) is 12.1. The van der Waals surface area contributed by atoms with E-state index in [2.05, 4.69) is 31.3 Å². The lowest BCUT2D eigenvalue weighted by molar-refractivity contribution is -0.135. The van der Waals surface area contributed by atoms with Crippen LogP contribution in [-0.2, 0) is 11.2 Å². The molecule has 136 valence electrons. The smallest absolute Gasteiger partial charge is 0.226 e. The van der Waals surface area contributed by atoms with Crippen LogP contribution in [0, 0.1) is 5.92 Å². The Labute approximate surface area is 149 Å². The maximum absolute atomic E-state index is 12.9. The van der Waals surface area contributed by atoms with Gasteiger partial charge in [0.1, 0.15) is 17.6 Å². The van der Waals surface area contributed by atoms with Crippen LogP contribution >= 0.6 is 0 Å². The van der Waals surface area contributed by atoms with E-state index in [-0.39, 0.29) is 24.0 Å². The normalized spacial score (nSPS) is 30.6. The first kappa shape index (κ1) is 16.7. The molecule has 2 fully saturated rings. The van der Waals surface area contributed by atoms with Gasteiger partial charge in [-0.1, -0.05) is 0 Å². The van der Waals surface area contributed by atoms with E-state index in [1.54, 1.807) is 0 Å². The molecule has 3 unspecified atom stereocenters. The first-order valence-corrected chi connectivity index (χ1v) is 9.56. The summed E-state index contributed by atoms with van der Waals surface area (Å²) < 4.78 is 11.8. The van der Waals surface area contributed by atoms with E-state index in [1.165, 1.54) is 5.56 Å². The summed E-state index contributed by atoms with van der Waals surface area (Å²) in [5.41, 5.74) is 2.37. The van der Waals surface area contributed by atoms with Crippen molar-refractivity contribution < 1.29 is 14.3 Å². The molecule has 1 saturated heterocycles. The Morgan fingerprint density at radius 3 is 3.00 bits per heavy atom. The standard InChI is InChI=1S/C20H28N2O3/c1-4-24-19-8-14-7-13(3)25-18(14)10-16(19)15-9-17(15)20(23)22-6-5-21-11-12(22)2/h8,10,12-13,15,17,21H,4-7,9,11H2,1-3H3/t12-,13?,15?,17?/m0/s1. The van der Waals surface area contributed by atoms with Gasteiger partial charge in [-0.05, 0) is 39.3 Å². The molecule has 4 rings (SSSR count). The van der Waals surface area contributed by atoms with Crippen molar-refractivity contribution in [2.75, 3.05) is 26.2 Å². The van der Waals surface area contributed by atoms with Crippen LogP contribution in [0.1, 0.15) is 44.2 Å². The number of carbonyl (C=O) groups is 1. The molecule has 1 aromatic rings. The van der Waals surface area contributed by atoms with E-state index in [4.69, 9.17) is 9.47 Å². The van der Waals surface area contributed by atoms with Gasteiger partial charge in [0.2, 0.25) is 5.91 Å². The fraction of sp³-hybridized carbons (Fsp3) is 0.650. The lowest BCUT2D eigenvalue weighted by Crippen LogP contribution is -2.52. The number of rotatable bonds is 4. The van der Waals surface area contributed by atoms with E-state index in [1.807, 2.05) is 11.8 Å². The summed E-state index contributed by atoms with van der Waals surface area (Å²) in [7, 11) is 0. The zero-order valence-corrected chi connectivity index (χ0v) is 15.4. The minimum absolute atomic E-state index is 0.0941. The molecule has 3 aliphatic rings. The van der Waals surface area contributed by atoms with Crippen LogP contribution < -0.4 is 14.8 Å². The van der Waals surface area contributed by atoms with Crippen LogP contribution in [0.25, 0.3) is 0 Å². The largest absolute Gasteiger partial charge is 0.494 e. The molecule has 4 atom stereocenters. The number of hydrogen-bond donors (Lipinski definition) is 1. The first-order valence-electron chi connectivity index (χ1n) is 9.56. The number of benzene rings is 1. The third kappa shape index (κ3) is 3.10. The SMILES string of the molecule is CCOc1cc2c(cc1C1CC1C(=O)N1CCNC[C@@H]1C)OC(C)C2. The molecule has 25 heavy (non-hydrogen) atoms. The molecular weight excluding hydrogens is 316 g/mol. The number of nitrogens with zero attached hydrogens (tertiary/aromatic N) is 1. The Balaban J connectivity index is 1.54. The summed E-state index contributed by atoms with van der Waals surface area (Å²) >= 11 is 0. The quantitative estimate of drug-likeness (QED) is 0.911. The Bertz CT molecular complexity index is 675. The van der Waals surface area contributed by atoms with Crippen LogP contribution in [0.3, 0.4) is 0 Å². The predicted molar refractivity (Wildman–Crippen MR) is 96.3 cm³/mol. The summed E-state index contributed by atoms with van der Waals surface area (Å²) in [6, 6.07) is 4.53. The van der Waals surface area contributed by atoms with Crippen LogP contribution in [0.5, 0.6) is 11.5 Å². The van der Waals surface area contributed by atoms with Crippen LogP contribution in [-0.4, -0.2) is 49.2 Å². The molecule has 1 aromatic carbocycles. The fourth-order valence-corrected chi connectivity index (χ4v) is 4.22.